The van der Waals surface area contributed by atoms with Gasteiger partial charge in [0, 0.05) is 11.3 Å². The number of hydrazine groups is 1. The fourth-order valence-electron chi connectivity index (χ4n) is 2.30. The molecule has 1 heterocycles. The van der Waals surface area contributed by atoms with Gasteiger partial charge in [0.15, 0.2) is 0 Å². The first-order valence-corrected chi connectivity index (χ1v) is 7.65. The quantitative estimate of drug-likeness (QED) is 0.660. The maximum absolute atomic E-state index is 13.1. The molecule has 0 radical (unpaired) electrons. The van der Waals surface area contributed by atoms with Crippen molar-refractivity contribution in [3.8, 4) is 0 Å². The molecule has 2 atom stereocenters. The second-order valence-electron chi connectivity index (χ2n) is 4.63. The number of hydrogen-bond donors (Lipinski definition) is 2. The topological polar surface area (TPSA) is 38.0 Å². The fraction of sp³-hybridized carbons (Fsp3) is 0.538. The fourth-order valence-corrected chi connectivity index (χ4v) is 3.92. The molecule has 0 aliphatic carbocycles. The monoisotopic (exact) mass is 288 g/mol. The second-order valence-corrected chi connectivity index (χ2v) is 6.39. The summed E-state index contributed by atoms with van der Waals surface area (Å²) in [5.74, 6) is 6.48. The number of halogens is 2. The molecule has 18 heavy (non-hydrogen) atoms. The zero-order chi connectivity index (χ0) is 13.0. The minimum Gasteiger partial charge on any atom is -0.271 e. The largest absolute Gasteiger partial charge is 0.271 e. The van der Waals surface area contributed by atoms with Crippen LogP contribution in [0.3, 0.4) is 0 Å². The summed E-state index contributed by atoms with van der Waals surface area (Å²) in [7, 11) is 0. The lowest BCUT2D eigenvalue weighted by Gasteiger charge is -2.29. The van der Waals surface area contributed by atoms with E-state index in [1.54, 1.807) is 12.1 Å². The van der Waals surface area contributed by atoms with Gasteiger partial charge in [0.25, 0.3) is 0 Å². The molecule has 0 bridgehead atoms. The predicted molar refractivity (Wildman–Crippen MR) is 76.3 cm³/mol. The summed E-state index contributed by atoms with van der Waals surface area (Å²) >= 11 is 7.77. The molecule has 0 amide bonds. The van der Waals surface area contributed by atoms with E-state index in [1.165, 1.54) is 31.1 Å². The maximum Gasteiger partial charge on any atom is 0.141 e. The molecule has 0 saturated carbocycles. The van der Waals surface area contributed by atoms with Gasteiger partial charge in [-0.15, -0.1) is 0 Å². The second kappa shape index (κ2) is 6.75. The minimum absolute atomic E-state index is 0.180. The highest BCUT2D eigenvalue weighted by Crippen LogP contribution is 2.29. The molecule has 1 aromatic rings. The number of thioether (sulfide) groups is 1. The van der Waals surface area contributed by atoms with Crippen molar-refractivity contribution in [2.24, 2.45) is 5.84 Å². The van der Waals surface area contributed by atoms with Crippen LogP contribution in [-0.4, -0.2) is 17.0 Å². The van der Waals surface area contributed by atoms with Crippen LogP contribution in [0.2, 0.25) is 5.02 Å². The van der Waals surface area contributed by atoms with E-state index in [1.807, 2.05) is 11.8 Å². The van der Waals surface area contributed by atoms with E-state index >= 15 is 0 Å². The van der Waals surface area contributed by atoms with Gasteiger partial charge >= 0.3 is 0 Å². The number of rotatable bonds is 4. The van der Waals surface area contributed by atoms with Crippen LogP contribution in [0.15, 0.2) is 18.2 Å². The first kappa shape index (κ1) is 14.1. The van der Waals surface area contributed by atoms with Crippen LogP contribution in [-0.2, 0) is 6.42 Å². The standard InChI is InChI=1S/C13H18ClFN2S/c14-10-7-9(4-5-11(10)15)8-12(17-16)13-3-1-2-6-18-13/h4-5,7,12-13,17H,1-3,6,8,16H2. The first-order valence-electron chi connectivity index (χ1n) is 6.22. The molecule has 1 aliphatic heterocycles. The molecular formula is C13H18ClFN2S. The summed E-state index contributed by atoms with van der Waals surface area (Å²) < 4.78 is 13.1. The van der Waals surface area contributed by atoms with E-state index in [-0.39, 0.29) is 16.9 Å². The summed E-state index contributed by atoms with van der Waals surface area (Å²) in [5, 5.41) is 0.715. The molecule has 100 valence electrons. The zero-order valence-corrected chi connectivity index (χ0v) is 11.7. The van der Waals surface area contributed by atoms with Gasteiger partial charge in [0.2, 0.25) is 0 Å². The van der Waals surface area contributed by atoms with Crippen molar-refractivity contribution >= 4 is 23.4 Å². The normalized spacial score (nSPS) is 21.8. The van der Waals surface area contributed by atoms with Gasteiger partial charge in [-0.25, -0.2) is 4.39 Å². The van der Waals surface area contributed by atoms with E-state index in [0.29, 0.717) is 5.25 Å². The Morgan fingerprint density at radius 2 is 2.33 bits per heavy atom. The van der Waals surface area contributed by atoms with Crippen molar-refractivity contribution in [2.75, 3.05) is 5.75 Å². The predicted octanol–water partition coefficient (Wildman–Crippen LogP) is 3.14. The third-order valence-electron chi connectivity index (χ3n) is 3.32. The number of benzene rings is 1. The molecule has 5 heteroatoms. The summed E-state index contributed by atoms with van der Waals surface area (Å²) in [4.78, 5) is 0. The van der Waals surface area contributed by atoms with Crippen molar-refractivity contribution < 1.29 is 4.39 Å². The Labute approximate surface area is 116 Å². The number of nitrogens with two attached hydrogens (primary N) is 1. The smallest absolute Gasteiger partial charge is 0.141 e. The van der Waals surface area contributed by atoms with Crippen LogP contribution in [0, 0.1) is 5.82 Å². The summed E-state index contributed by atoms with van der Waals surface area (Å²) in [6, 6.07) is 5.10. The van der Waals surface area contributed by atoms with E-state index in [9.17, 15) is 4.39 Å². The van der Waals surface area contributed by atoms with Gasteiger partial charge in [0.05, 0.1) is 5.02 Å². The Bertz CT molecular complexity index is 397. The summed E-state index contributed by atoms with van der Waals surface area (Å²) in [5.41, 5.74) is 3.92. The average molecular weight is 289 g/mol. The minimum atomic E-state index is -0.371. The van der Waals surface area contributed by atoms with Gasteiger partial charge in [-0.1, -0.05) is 24.1 Å². The molecule has 1 aliphatic rings. The zero-order valence-electron chi connectivity index (χ0n) is 10.2. The van der Waals surface area contributed by atoms with Crippen molar-refractivity contribution in [2.45, 2.75) is 37.0 Å². The number of hydrogen-bond acceptors (Lipinski definition) is 3. The van der Waals surface area contributed by atoms with Crippen molar-refractivity contribution in [1.29, 1.82) is 0 Å². The average Bonchev–Trinajstić information content (AvgIpc) is 2.41. The van der Waals surface area contributed by atoms with E-state index in [2.05, 4.69) is 5.43 Å². The Kier molecular flexibility index (Phi) is 5.30. The SMILES string of the molecule is NNC(Cc1ccc(F)c(Cl)c1)C1CCCCS1. The molecule has 1 fully saturated rings. The molecule has 2 nitrogen and oxygen atoms in total. The van der Waals surface area contributed by atoms with E-state index in [4.69, 9.17) is 17.4 Å². The Morgan fingerprint density at radius 1 is 1.50 bits per heavy atom. The van der Waals surface area contributed by atoms with Crippen LogP contribution in [0.5, 0.6) is 0 Å². The van der Waals surface area contributed by atoms with Crippen LogP contribution in [0.1, 0.15) is 24.8 Å². The van der Waals surface area contributed by atoms with Crippen LogP contribution >= 0.6 is 23.4 Å². The highest BCUT2D eigenvalue weighted by Gasteiger charge is 2.23. The van der Waals surface area contributed by atoms with Crippen molar-refractivity contribution in [3.63, 3.8) is 0 Å². The van der Waals surface area contributed by atoms with Gasteiger partial charge in [-0.05, 0) is 42.7 Å². The molecule has 1 aromatic carbocycles. The first-order chi connectivity index (χ1) is 8.70. The summed E-state index contributed by atoms with van der Waals surface area (Å²) in [6.07, 6.45) is 4.53. The van der Waals surface area contributed by atoms with Gasteiger partial charge < -0.3 is 0 Å². The molecule has 3 N–H and O–H groups in total. The Balaban J connectivity index is 2.02. The third-order valence-corrected chi connectivity index (χ3v) is 5.12. The highest BCUT2D eigenvalue weighted by atomic mass is 35.5. The molecular weight excluding hydrogens is 271 g/mol. The lowest BCUT2D eigenvalue weighted by atomic mass is 10.00. The van der Waals surface area contributed by atoms with Crippen LogP contribution < -0.4 is 11.3 Å². The van der Waals surface area contributed by atoms with E-state index < -0.39 is 0 Å². The van der Waals surface area contributed by atoms with E-state index in [0.717, 1.165) is 12.0 Å². The molecule has 1 saturated heterocycles. The molecule has 0 spiro atoms. The number of nitrogens with one attached hydrogen (secondary N) is 1. The van der Waals surface area contributed by atoms with Gasteiger partial charge in [0.1, 0.15) is 5.82 Å². The molecule has 2 rings (SSSR count). The van der Waals surface area contributed by atoms with Crippen LogP contribution in [0.4, 0.5) is 4.39 Å². The van der Waals surface area contributed by atoms with Crippen LogP contribution in [0.25, 0.3) is 0 Å². The van der Waals surface area contributed by atoms with Gasteiger partial charge in [-0.2, -0.15) is 11.8 Å². The third kappa shape index (κ3) is 3.60. The summed E-state index contributed by atoms with van der Waals surface area (Å²) in [6.45, 7) is 0. The Morgan fingerprint density at radius 3 is 2.94 bits per heavy atom. The lowest BCUT2D eigenvalue weighted by molar-refractivity contribution is 0.471. The maximum atomic E-state index is 13.1. The molecule has 0 aromatic heterocycles. The van der Waals surface area contributed by atoms with Crippen molar-refractivity contribution in [1.82, 2.24) is 5.43 Å². The highest BCUT2D eigenvalue weighted by molar-refractivity contribution is 8.00. The Hall–Kier alpha value is -0.290. The molecule has 2 unspecified atom stereocenters. The van der Waals surface area contributed by atoms with Gasteiger partial charge in [-0.3, -0.25) is 11.3 Å². The van der Waals surface area contributed by atoms with Crippen molar-refractivity contribution in [3.05, 3.63) is 34.6 Å². The lowest BCUT2D eigenvalue weighted by Crippen LogP contribution is -2.45.